The van der Waals surface area contributed by atoms with Crippen LogP contribution in [-0.4, -0.2) is 22.3 Å². The van der Waals surface area contributed by atoms with Gasteiger partial charge in [-0.3, -0.25) is 4.79 Å². The molecule has 0 unspecified atom stereocenters. The quantitative estimate of drug-likeness (QED) is 0.689. The third kappa shape index (κ3) is 4.15. The van der Waals surface area contributed by atoms with Gasteiger partial charge in [-0.25, -0.2) is 4.39 Å². The number of alkyl halides is 2. The van der Waals surface area contributed by atoms with E-state index in [1.165, 1.54) is 24.3 Å². The lowest BCUT2D eigenvalue weighted by atomic mass is 10.1. The van der Waals surface area contributed by atoms with E-state index in [2.05, 4.69) is 24.9 Å². The molecule has 0 saturated carbocycles. The Morgan fingerprint density at radius 2 is 1.93 bits per heavy atom. The molecular formula is C19H14F3N3O4. The van der Waals surface area contributed by atoms with E-state index in [1.807, 2.05) is 0 Å². The van der Waals surface area contributed by atoms with Crippen LogP contribution in [0, 0.1) is 12.7 Å². The SMILES string of the molecule is Cc1ccc(-c2noc(CCC(=O)Nc3ccc4c(c3)OC(F)(F)O4)n2)cc1F. The minimum absolute atomic E-state index is 0.00843. The van der Waals surface area contributed by atoms with Gasteiger partial charge in [0.05, 0.1) is 0 Å². The number of benzene rings is 2. The molecule has 7 nitrogen and oxygen atoms in total. The second-order valence-corrected chi connectivity index (χ2v) is 6.35. The molecule has 3 aromatic rings. The molecule has 1 N–H and O–H groups in total. The molecule has 0 fully saturated rings. The third-order valence-electron chi connectivity index (χ3n) is 4.15. The third-order valence-corrected chi connectivity index (χ3v) is 4.15. The number of carbonyl (C=O) groups is 1. The zero-order valence-electron chi connectivity index (χ0n) is 15.0. The Balaban J connectivity index is 1.35. The van der Waals surface area contributed by atoms with E-state index in [9.17, 15) is 18.0 Å². The van der Waals surface area contributed by atoms with Gasteiger partial charge in [-0.2, -0.15) is 4.98 Å². The minimum Gasteiger partial charge on any atom is -0.395 e. The van der Waals surface area contributed by atoms with Crippen LogP contribution in [0.25, 0.3) is 11.4 Å². The van der Waals surface area contributed by atoms with Crippen molar-refractivity contribution in [1.29, 1.82) is 0 Å². The Labute approximate surface area is 162 Å². The summed E-state index contributed by atoms with van der Waals surface area (Å²) in [6.45, 7) is 1.64. The highest BCUT2D eigenvalue weighted by molar-refractivity contribution is 5.91. The topological polar surface area (TPSA) is 86.5 Å². The Bertz CT molecular complexity index is 1080. The van der Waals surface area contributed by atoms with Crippen LogP contribution < -0.4 is 14.8 Å². The lowest BCUT2D eigenvalue weighted by Gasteiger charge is -2.05. The molecule has 1 aliphatic rings. The van der Waals surface area contributed by atoms with E-state index in [0.29, 0.717) is 11.1 Å². The summed E-state index contributed by atoms with van der Waals surface area (Å²) >= 11 is 0. The van der Waals surface area contributed by atoms with Gasteiger partial charge in [-0.05, 0) is 30.7 Å². The number of amides is 1. The number of aryl methyl sites for hydroxylation is 2. The first-order valence-electron chi connectivity index (χ1n) is 8.58. The second-order valence-electron chi connectivity index (χ2n) is 6.35. The van der Waals surface area contributed by atoms with Gasteiger partial charge >= 0.3 is 6.29 Å². The lowest BCUT2D eigenvalue weighted by Crippen LogP contribution is -2.25. The van der Waals surface area contributed by atoms with Crippen LogP contribution in [0.2, 0.25) is 0 Å². The Morgan fingerprint density at radius 1 is 1.14 bits per heavy atom. The number of rotatable bonds is 5. The van der Waals surface area contributed by atoms with Gasteiger partial charge in [0.1, 0.15) is 5.82 Å². The lowest BCUT2D eigenvalue weighted by molar-refractivity contribution is -0.286. The van der Waals surface area contributed by atoms with Gasteiger partial charge in [-0.1, -0.05) is 17.3 Å². The molecule has 2 aromatic carbocycles. The summed E-state index contributed by atoms with van der Waals surface area (Å²) in [6, 6.07) is 8.51. The summed E-state index contributed by atoms with van der Waals surface area (Å²) in [5, 5.41) is 6.35. The van der Waals surface area contributed by atoms with Gasteiger partial charge in [0, 0.05) is 30.2 Å². The monoisotopic (exact) mass is 405 g/mol. The van der Waals surface area contributed by atoms with Gasteiger partial charge in [0.15, 0.2) is 11.5 Å². The molecule has 2 heterocycles. The molecule has 1 amide bonds. The normalized spacial score (nSPS) is 14.1. The van der Waals surface area contributed by atoms with Crippen molar-refractivity contribution in [3.63, 3.8) is 0 Å². The molecule has 0 aliphatic carbocycles. The van der Waals surface area contributed by atoms with Crippen molar-refractivity contribution in [2.75, 3.05) is 5.32 Å². The summed E-state index contributed by atoms with van der Waals surface area (Å²) in [5.74, 6) is -0.623. The second kappa shape index (κ2) is 7.12. The fraction of sp³-hybridized carbons (Fsp3) is 0.211. The van der Waals surface area contributed by atoms with E-state index in [-0.39, 0.29) is 47.6 Å². The van der Waals surface area contributed by atoms with Crippen molar-refractivity contribution in [3.05, 3.63) is 53.7 Å². The molecule has 29 heavy (non-hydrogen) atoms. The fourth-order valence-electron chi connectivity index (χ4n) is 2.68. The number of carbonyl (C=O) groups excluding carboxylic acids is 1. The van der Waals surface area contributed by atoms with Crippen LogP contribution in [0.3, 0.4) is 0 Å². The average molecular weight is 405 g/mol. The van der Waals surface area contributed by atoms with Crippen molar-refractivity contribution in [2.24, 2.45) is 0 Å². The first-order valence-corrected chi connectivity index (χ1v) is 8.58. The fourth-order valence-corrected chi connectivity index (χ4v) is 2.68. The van der Waals surface area contributed by atoms with Gasteiger partial charge in [0.25, 0.3) is 0 Å². The van der Waals surface area contributed by atoms with Crippen molar-refractivity contribution >= 4 is 11.6 Å². The average Bonchev–Trinajstić information content (AvgIpc) is 3.24. The van der Waals surface area contributed by atoms with Gasteiger partial charge in [-0.15, -0.1) is 8.78 Å². The Kier molecular flexibility index (Phi) is 4.61. The summed E-state index contributed by atoms with van der Waals surface area (Å²) in [6.07, 6.45) is -3.56. The zero-order chi connectivity index (χ0) is 20.6. The van der Waals surface area contributed by atoms with E-state index in [1.54, 1.807) is 19.1 Å². The highest BCUT2D eigenvalue weighted by Gasteiger charge is 2.43. The number of ether oxygens (including phenoxy) is 2. The number of nitrogens with zero attached hydrogens (tertiary/aromatic N) is 2. The largest absolute Gasteiger partial charge is 0.586 e. The maximum absolute atomic E-state index is 13.7. The number of nitrogens with one attached hydrogen (secondary N) is 1. The first-order chi connectivity index (χ1) is 13.8. The minimum atomic E-state index is -3.72. The molecule has 0 radical (unpaired) electrons. The van der Waals surface area contributed by atoms with Crippen LogP contribution in [0.5, 0.6) is 11.5 Å². The van der Waals surface area contributed by atoms with E-state index < -0.39 is 12.2 Å². The number of halogens is 3. The first kappa shape index (κ1) is 18.8. The van der Waals surface area contributed by atoms with Crippen LogP contribution in [0.4, 0.5) is 18.9 Å². The smallest absolute Gasteiger partial charge is 0.395 e. The summed E-state index contributed by atoms with van der Waals surface area (Å²) in [7, 11) is 0. The van der Waals surface area contributed by atoms with E-state index >= 15 is 0 Å². The molecule has 1 aliphatic heterocycles. The number of hydrogen-bond acceptors (Lipinski definition) is 6. The highest BCUT2D eigenvalue weighted by Crippen LogP contribution is 2.42. The van der Waals surface area contributed by atoms with Crippen molar-refractivity contribution in [1.82, 2.24) is 10.1 Å². The maximum Gasteiger partial charge on any atom is 0.586 e. The van der Waals surface area contributed by atoms with Crippen molar-refractivity contribution < 1.29 is 32.0 Å². The van der Waals surface area contributed by atoms with Crippen LogP contribution in [0.1, 0.15) is 17.9 Å². The number of aromatic nitrogens is 2. The Hall–Kier alpha value is -3.56. The zero-order valence-corrected chi connectivity index (χ0v) is 15.0. The molecule has 10 heteroatoms. The molecule has 0 bridgehead atoms. The van der Waals surface area contributed by atoms with Crippen LogP contribution in [-0.2, 0) is 11.2 Å². The molecule has 150 valence electrons. The van der Waals surface area contributed by atoms with Crippen LogP contribution in [0.15, 0.2) is 40.9 Å². The molecule has 4 rings (SSSR count). The van der Waals surface area contributed by atoms with E-state index in [0.717, 1.165) is 0 Å². The molecule has 1 aromatic heterocycles. The summed E-state index contributed by atoms with van der Waals surface area (Å²) in [5.41, 5.74) is 1.24. The predicted octanol–water partition coefficient (Wildman–Crippen LogP) is 4.08. The standard InChI is InChI=1S/C19H14F3N3O4/c1-10-2-3-11(8-13(10)20)18-24-17(29-25-18)7-6-16(26)23-12-4-5-14-15(9-12)28-19(21,22)27-14/h2-5,8-9H,6-7H2,1H3,(H,23,26). The number of fused-ring (bicyclic) bond motifs is 1. The molecular weight excluding hydrogens is 391 g/mol. The molecule has 0 spiro atoms. The predicted molar refractivity (Wildman–Crippen MR) is 94.0 cm³/mol. The number of anilines is 1. The summed E-state index contributed by atoms with van der Waals surface area (Å²) < 4.78 is 53.4. The Morgan fingerprint density at radius 3 is 2.72 bits per heavy atom. The van der Waals surface area contributed by atoms with E-state index in [4.69, 9.17) is 4.52 Å². The maximum atomic E-state index is 13.7. The van der Waals surface area contributed by atoms with Crippen LogP contribution >= 0.6 is 0 Å². The summed E-state index contributed by atoms with van der Waals surface area (Å²) in [4.78, 5) is 16.3. The van der Waals surface area contributed by atoms with Gasteiger partial charge in [0.2, 0.25) is 17.6 Å². The van der Waals surface area contributed by atoms with Crippen molar-refractivity contribution in [2.45, 2.75) is 26.1 Å². The highest BCUT2D eigenvalue weighted by atomic mass is 19.3. The van der Waals surface area contributed by atoms with Gasteiger partial charge < -0.3 is 19.3 Å². The molecule has 0 atom stereocenters. The van der Waals surface area contributed by atoms with Crippen molar-refractivity contribution in [3.8, 4) is 22.9 Å². The number of hydrogen-bond donors (Lipinski definition) is 1. The molecule has 0 saturated heterocycles.